The van der Waals surface area contributed by atoms with Crippen LogP contribution in [0.1, 0.15) is 21.7 Å². The van der Waals surface area contributed by atoms with Crippen LogP contribution in [0.2, 0.25) is 0 Å². The van der Waals surface area contributed by atoms with Gasteiger partial charge in [-0.25, -0.2) is 9.78 Å². The molecule has 0 bridgehead atoms. The van der Waals surface area contributed by atoms with Crippen LogP contribution < -0.4 is 4.74 Å². The fraction of sp³-hybridized carbons (Fsp3) is 0.400. The van der Waals surface area contributed by atoms with E-state index in [1.165, 1.54) is 0 Å². The normalized spacial score (nSPS) is 12.2. The minimum absolute atomic E-state index is 0.0660. The van der Waals surface area contributed by atoms with Crippen molar-refractivity contribution in [2.75, 3.05) is 7.11 Å². The molecule has 0 aromatic carbocycles. The Morgan fingerprint density at radius 1 is 1.29 bits per heavy atom. The molecule has 0 saturated heterocycles. The molecule has 0 radical (unpaired) electrons. The van der Waals surface area contributed by atoms with Gasteiger partial charge in [0.1, 0.15) is 11.4 Å². The number of carbonyl (C=O) groups is 1. The van der Waals surface area contributed by atoms with E-state index in [9.17, 15) is 31.1 Å². The number of nitrogens with zero attached hydrogens (tertiary/aromatic N) is 1. The molecular formula is C10H6BrF6NO3. The van der Waals surface area contributed by atoms with E-state index in [-0.39, 0.29) is 6.07 Å². The molecule has 0 fully saturated rings. The van der Waals surface area contributed by atoms with E-state index in [1.54, 1.807) is 0 Å². The van der Waals surface area contributed by atoms with Gasteiger partial charge >= 0.3 is 18.5 Å². The van der Waals surface area contributed by atoms with Crippen molar-refractivity contribution in [3.05, 3.63) is 23.0 Å². The zero-order valence-electron chi connectivity index (χ0n) is 10.1. The minimum atomic E-state index is -5.23. The molecule has 4 nitrogen and oxygen atoms in total. The van der Waals surface area contributed by atoms with Crippen LogP contribution in [0, 0.1) is 0 Å². The van der Waals surface area contributed by atoms with Crippen molar-refractivity contribution < 1.29 is 40.6 Å². The molecule has 11 heteroatoms. The maximum atomic E-state index is 12.6. The molecule has 1 rings (SSSR count). The molecule has 1 heterocycles. The first kappa shape index (κ1) is 17.5. The summed E-state index contributed by atoms with van der Waals surface area (Å²) >= 11 is 2.76. The molecule has 0 N–H and O–H groups in total. The van der Waals surface area contributed by atoms with Gasteiger partial charge in [0.15, 0.2) is 5.69 Å². The zero-order chi connectivity index (χ0) is 16.4. The number of aromatic nitrogens is 1. The summed E-state index contributed by atoms with van der Waals surface area (Å²) in [5.41, 5.74) is -3.12. The van der Waals surface area contributed by atoms with Gasteiger partial charge in [-0.1, -0.05) is 15.9 Å². The standard InChI is InChI=1S/C10H6BrF6NO3/c1-20-8(19)7-4(3-11)5(21-10(15,16)17)2-6(18-7)9(12,13)14/h2H,3H2,1H3. The molecule has 0 amide bonds. The van der Waals surface area contributed by atoms with Crippen LogP contribution in [0.5, 0.6) is 5.75 Å². The van der Waals surface area contributed by atoms with Crippen LogP contribution in [-0.4, -0.2) is 24.4 Å². The van der Waals surface area contributed by atoms with Crippen molar-refractivity contribution in [3.63, 3.8) is 0 Å². The van der Waals surface area contributed by atoms with Crippen molar-refractivity contribution in [2.45, 2.75) is 17.9 Å². The van der Waals surface area contributed by atoms with E-state index in [0.29, 0.717) is 0 Å². The lowest BCUT2D eigenvalue weighted by Gasteiger charge is -2.16. The van der Waals surface area contributed by atoms with Gasteiger partial charge in [-0.3, -0.25) is 0 Å². The molecule has 118 valence electrons. The Balaban J connectivity index is 3.56. The highest BCUT2D eigenvalue weighted by molar-refractivity contribution is 9.08. The van der Waals surface area contributed by atoms with Crippen LogP contribution in [0.4, 0.5) is 26.3 Å². The fourth-order valence-electron chi connectivity index (χ4n) is 1.30. The number of hydrogen-bond donors (Lipinski definition) is 0. The second-order valence-corrected chi connectivity index (χ2v) is 4.06. The van der Waals surface area contributed by atoms with E-state index in [4.69, 9.17) is 0 Å². The first-order chi connectivity index (χ1) is 9.49. The Bertz CT molecular complexity index is 543. The summed E-state index contributed by atoms with van der Waals surface area (Å²) < 4.78 is 82.3. The smallest absolute Gasteiger partial charge is 0.464 e. The molecule has 0 aliphatic heterocycles. The van der Waals surface area contributed by atoms with Crippen molar-refractivity contribution in [2.24, 2.45) is 0 Å². The van der Waals surface area contributed by atoms with Crippen LogP contribution in [-0.2, 0) is 16.2 Å². The first-order valence-corrected chi connectivity index (χ1v) is 6.13. The van der Waals surface area contributed by atoms with Gasteiger partial charge in [-0.05, 0) is 0 Å². The van der Waals surface area contributed by atoms with Crippen molar-refractivity contribution in [1.29, 1.82) is 0 Å². The monoisotopic (exact) mass is 381 g/mol. The maximum Gasteiger partial charge on any atom is 0.573 e. The third kappa shape index (κ3) is 4.48. The molecule has 0 aliphatic rings. The number of methoxy groups -OCH3 is 1. The summed E-state index contributed by atoms with van der Waals surface area (Å²) in [5, 5.41) is -0.395. The van der Waals surface area contributed by atoms with Crippen molar-refractivity contribution >= 4 is 21.9 Å². The van der Waals surface area contributed by atoms with E-state index in [1.807, 2.05) is 0 Å². The summed E-state index contributed by atoms with van der Waals surface area (Å²) in [7, 11) is 0.854. The number of alkyl halides is 7. The van der Waals surface area contributed by atoms with E-state index in [0.717, 1.165) is 7.11 Å². The fourth-order valence-corrected chi connectivity index (χ4v) is 1.85. The predicted molar refractivity (Wildman–Crippen MR) is 59.9 cm³/mol. The Morgan fingerprint density at radius 2 is 1.86 bits per heavy atom. The zero-order valence-corrected chi connectivity index (χ0v) is 11.7. The van der Waals surface area contributed by atoms with Gasteiger partial charge in [-0.2, -0.15) is 13.2 Å². The van der Waals surface area contributed by atoms with Gasteiger partial charge in [0.05, 0.1) is 7.11 Å². The van der Waals surface area contributed by atoms with Crippen LogP contribution in [0.3, 0.4) is 0 Å². The molecule has 1 aromatic rings. The molecule has 1 aromatic heterocycles. The largest absolute Gasteiger partial charge is 0.573 e. The number of halogens is 7. The second-order valence-electron chi connectivity index (χ2n) is 3.50. The lowest BCUT2D eigenvalue weighted by Crippen LogP contribution is -2.21. The molecular weight excluding hydrogens is 376 g/mol. The number of esters is 1. The third-order valence-electron chi connectivity index (χ3n) is 2.11. The van der Waals surface area contributed by atoms with Gasteiger partial charge in [0.25, 0.3) is 0 Å². The quantitative estimate of drug-likeness (QED) is 0.455. The van der Waals surface area contributed by atoms with Gasteiger partial charge < -0.3 is 9.47 Å². The summed E-state index contributed by atoms with van der Waals surface area (Å²) in [6, 6.07) is 0.0660. The van der Waals surface area contributed by atoms with Gasteiger partial charge in [-0.15, -0.1) is 13.2 Å². The molecule has 0 saturated carbocycles. The highest BCUT2D eigenvalue weighted by Gasteiger charge is 2.38. The molecule has 0 spiro atoms. The topological polar surface area (TPSA) is 48.4 Å². The number of rotatable bonds is 3. The van der Waals surface area contributed by atoms with Crippen LogP contribution in [0.15, 0.2) is 6.07 Å². The lowest BCUT2D eigenvalue weighted by atomic mass is 10.1. The Kier molecular flexibility index (Phi) is 5.07. The number of pyridine rings is 1. The minimum Gasteiger partial charge on any atom is -0.464 e. The SMILES string of the molecule is COC(=O)c1nc(C(F)(F)F)cc(OC(F)(F)F)c1CBr. The Labute approximate surface area is 122 Å². The molecule has 0 atom stereocenters. The lowest BCUT2D eigenvalue weighted by molar-refractivity contribution is -0.275. The average Bonchev–Trinajstić information content (AvgIpc) is 2.33. The highest BCUT2D eigenvalue weighted by Crippen LogP contribution is 2.36. The van der Waals surface area contributed by atoms with E-state index >= 15 is 0 Å². The van der Waals surface area contributed by atoms with Crippen molar-refractivity contribution in [1.82, 2.24) is 4.98 Å². The molecule has 21 heavy (non-hydrogen) atoms. The predicted octanol–water partition coefficient (Wildman–Crippen LogP) is 3.68. The third-order valence-corrected chi connectivity index (χ3v) is 2.67. The second kappa shape index (κ2) is 6.08. The van der Waals surface area contributed by atoms with Gasteiger partial charge in [0, 0.05) is 17.0 Å². The number of carbonyl (C=O) groups excluding carboxylic acids is 1. The Morgan fingerprint density at radius 3 is 2.24 bits per heavy atom. The van der Waals surface area contributed by atoms with E-state index in [2.05, 4.69) is 30.4 Å². The van der Waals surface area contributed by atoms with Crippen molar-refractivity contribution in [3.8, 4) is 5.75 Å². The van der Waals surface area contributed by atoms with Gasteiger partial charge in [0.2, 0.25) is 0 Å². The summed E-state index contributed by atoms with van der Waals surface area (Å²) in [5.74, 6) is -2.50. The molecule has 0 aliphatic carbocycles. The number of ether oxygens (including phenoxy) is 2. The summed E-state index contributed by atoms with van der Waals surface area (Å²) in [6.45, 7) is 0. The summed E-state index contributed by atoms with van der Waals surface area (Å²) in [6.07, 6.45) is -10.3. The average molecular weight is 382 g/mol. The van der Waals surface area contributed by atoms with Crippen LogP contribution >= 0.6 is 15.9 Å². The number of hydrogen-bond acceptors (Lipinski definition) is 4. The molecule has 0 unspecified atom stereocenters. The Hall–Kier alpha value is -1.52. The summed E-state index contributed by atoms with van der Waals surface area (Å²) in [4.78, 5) is 14.4. The highest BCUT2D eigenvalue weighted by atomic mass is 79.9. The van der Waals surface area contributed by atoms with E-state index < -0.39 is 46.5 Å². The van der Waals surface area contributed by atoms with Crippen LogP contribution in [0.25, 0.3) is 0 Å². The maximum absolute atomic E-state index is 12.6. The first-order valence-electron chi connectivity index (χ1n) is 5.00.